The lowest BCUT2D eigenvalue weighted by atomic mass is 10.2. The number of azo groups is 1. The van der Waals surface area contributed by atoms with Crippen LogP contribution in [0.4, 0.5) is 11.4 Å². The lowest BCUT2D eigenvalue weighted by Crippen LogP contribution is -1.99. The molecule has 0 aliphatic heterocycles. The Morgan fingerprint density at radius 3 is 2.52 bits per heavy atom. The minimum Gasteiger partial charge on any atom is -0.504 e. The molecular weight excluding hydrogens is 300 g/mol. The smallest absolute Gasteiger partial charge is 0.337 e. The maximum Gasteiger partial charge on any atom is 0.337 e. The molecule has 7 heteroatoms. The van der Waals surface area contributed by atoms with Crippen molar-refractivity contribution in [2.24, 2.45) is 10.2 Å². The van der Waals surface area contributed by atoms with Gasteiger partial charge in [0.05, 0.1) is 36.7 Å². The number of phenols is 1. The number of carbonyl (C=O) groups excluding carboxylic acids is 2. The third-order valence-corrected chi connectivity index (χ3v) is 2.98. The zero-order chi connectivity index (χ0) is 16.8. The summed E-state index contributed by atoms with van der Waals surface area (Å²) in [6.45, 7) is 0. The van der Waals surface area contributed by atoms with Gasteiger partial charge >= 0.3 is 5.97 Å². The van der Waals surface area contributed by atoms with Crippen molar-refractivity contribution in [3.8, 4) is 11.5 Å². The number of rotatable bonds is 5. The number of hydrogen-bond acceptors (Lipinski definition) is 7. The first-order valence-corrected chi connectivity index (χ1v) is 6.55. The number of esters is 1. The first kappa shape index (κ1) is 16.2. The number of aromatic hydroxyl groups is 1. The van der Waals surface area contributed by atoms with Crippen molar-refractivity contribution in [2.75, 3.05) is 14.2 Å². The van der Waals surface area contributed by atoms with Crippen LogP contribution in [0.2, 0.25) is 0 Å². The van der Waals surface area contributed by atoms with E-state index in [1.807, 2.05) is 0 Å². The predicted molar refractivity (Wildman–Crippen MR) is 82.0 cm³/mol. The molecule has 0 saturated heterocycles. The molecule has 0 unspecified atom stereocenters. The summed E-state index contributed by atoms with van der Waals surface area (Å²) < 4.78 is 9.61. The van der Waals surface area contributed by atoms with E-state index in [0.29, 0.717) is 23.2 Å². The highest BCUT2D eigenvalue weighted by Crippen LogP contribution is 2.34. The Balaban J connectivity index is 2.33. The second-order valence-electron chi connectivity index (χ2n) is 4.45. The molecule has 2 rings (SSSR count). The van der Waals surface area contributed by atoms with Gasteiger partial charge in [0.15, 0.2) is 17.8 Å². The summed E-state index contributed by atoms with van der Waals surface area (Å²) in [5.41, 5.74) is 1.15. The predicted octanol–water partition coefficient (Wildman–Crippen LogP) is 3.42. The molecule has 0 spiro atoms. The highest BCUT2D eigenvalue weighted by Gasteiger charge is 2.10. The topological polar surface area (TPSA) is 97.6 Å². The number of hydrogen-bond donors (Lipinski definition) is 1. The van der Waals surface area contributed by atoms with Gasteiger partial charge in [-0.15, -0.1) is 0 Å². The molecule has 0 aliphatic carbocycles. The molecular formula is C16H14N2O5. The molecule has 0 atom stereocenters. The van der Waals surface area contributed by atoms with E-state index in [1.54, 1.807) is 18.2 Å². The molecule has 0 saturated carbocycles. The van der Waals surface area contributed by atoms with Gasteiger partial charge in [-0.05, 0) is 24.3 Å². The van der Waals surface area contributed by atoms with E-state index in [2.05, 4.69) is 15.0 Å². The van der Waals surface area contributed by atoms with Gasteiger partial charge in [-0.3, -0.25) is 4.79 Å². The van der Waals surface area contributed by atoms with Gasteiger partial charge in [0.1, 0.15) is 0 Å². The zero-order valence-corrected chi connectivity index (χ0v) is 12.5. The molecule has 23 heavy (non-hydrogen) atoms. The summed E-state index contributed by atoms with van der Waals surface area (Å²) in [5, 5.41) is 17.7. The van der Waals surface area contributed by atoms with E-state index in [0.717, 1.165) is 0 Å². The molecule has 0 radical (unpaired) electrons. The van der Waals surface area contributed by atoms with Gasteiger partial charge in [-0.25, -0.2) is 4.79 Å². The van der Waals surface area contributed by atoms with E-state index >= 15 is 0 Å². The fourth-order valence-electron chi connectivity index (χ4n) is 1.85. The third-order valence-electron chi connectivity index (χ3n) is 2.98. The number of aldehydes is 1. The summed E-state index contributed by atoms with van der Waals surface area (Å²) in [6.07, 6.45) is 0.495. The van der Waals surface area contributed by atoms with E-state index in [1.165, 1.54) is 32.4 Å². The molecule has 7 nitrogen and oxygen atoms in total. The monoisotopic (exact) mass is 314 g/mol. The second-order valence-corrected chi connectivity index (χ2v) is 4.45. The minimum absolute atomic E-state index is 0.0432. The van der Waals surface area contributed by atoms with E-state index in [-0.39, 0.29) is 17.1 Å². The van der Waals surface area contributed by atoms with Gasteiger partial charge in [0.25, 0.3) is 0 Å². The van der Waals surface area contributed by atoms with Crippen molar-refractivity contribution in [1.29, 1.82) is 0 Å². The van der Waals surface area contributed by atoms with Gasteiger partial charge in [-0.2, -0.15) is 10.2 Å². The highest BCUT2D eigenvalue weighted by molar-refractivity contribution is 5.90. The molecule has 118 valence electrons. The van der Waals surface area contributed by atoms with Crippen molar-refractivity contribution < 1.29 is 24.2 Å². The molecule has 2 aromatic carbocycles. The van der Waals surface area contributed by atoms with Crippen LogP contribution in [0.15, 0.2) is 46.6 Å². The van der Waals surface area contributed by atoms with E-state index in [9.17, 15) is 14.7 Å². The summed E-state index contributed by atoms with van der Waals surface area (Å²) in [4.78, 5) is 22.4. The average molecular weight is 314 g/mol. The van der Waals surface area contributed by atoms with Gasteiger partial charge < -0.3 is 14.6 Å². The first-order chi connectivity index (χ1) is 11.1. The third kappa shape index (κ3) is 3.70. The molecule has 0 fully saturated rings. The molecule has 2 aromatic rings. The Kier molecular flexibility index (Phi) is 5.03. The minimum atomic E-state index is -0.475. The quantitative estimate of drug-likeness (QED) is 0.518. The molecule has 0 aromatic heterocycles. The van der Waals surface area contributed by atoms with Crippen LogP contribution >= 0.6 is 0 Å². The average Bonchev–Trinajstić information content (AvgIpc) is 2.60. The van der Waals surface area contributed by atoms with Crippen molar-refractivity contribution in [3.05, 3.63) is 47.5 Å². The maximum atomic E-state index is 11.5. The van der Waals surface area contributed by atoms with Crippen LogP contribution in [0.5, 0.6) is 11.5 Å². The second kappa shape index (κ2) is 7.17. The van der Waals surface area contributed by atoms with Crippen LogP contribution in [-0.2, 0) is 4.74 Å². The van der Waals surface area contributed by atoms with Gasteiger partial charge in [0.2, 0.25) is 0 Å². The van der Waals surface area contributed by atoms with Gasteiger partial charge in [0, 0.05) is 6.07 Å². The number of carbonyl (C=O) groups is 2. The fourth-order valence-corrected chi connectivity index (χ4v) is 1.85. The van der Waals surface area contributed by atoms with Crippen LogP contribution in [-0.4, -0.2) is 31.6 Å². The van der Waals surface area contributed by atoms with Crippen molar-refractivity contribution in [3.63, 3.8) is 0 Å². The van der Waals surface area contributed by atoms with Crippen LogP contribution in [0.1, 0.15) is 20.7 Å². The SMILES string of the molecule is COC(=O)c1cccc(N=Nc2cc(C=O)c(O)c(OC)c2)c1. The van der Waals surface area contributed by atoms with Crippen molar-refractivity contribution in [1.82, 2.24) is 0 Å². The van der Waals surface area contributed by atoms with E-state index < -0.39 is 5.97 Å². The Bertz CT molecular complexity index is 771. The highest BCUT2D eigenvalue weighted by atomic mass is 16.5. The van der Waals surface area contributed by atoms with Crippen LogP contribution < -0.4 is 4.74 Å². The number of methoxy groups -OCH3 is 2. The Hall–Kier alpha value is -3.22. The number of benzene rings is 2. The molecule has 0 heterocycles. The molecule has 0 aliphatic rings. The normalized spacial score (nSPS) is 10.5. The van der Waals surface area contributed by atoms with Gasteiger partial charge in [-0.1, -0.05) is 6.07 Å². The number of ether oxygens (including phenoxy) is 2. The summed E-state index contributed by atoms with van der Waals surface area (Å²) in [7, 11) is 2.66. The largest absolute Gasteiger partial charge is 0.504 e. The van der Waals surface area contributed by atoms with Crippen molar-refractivity contribution >= 4 is 23.6 Å². The Morgan fingerprint density at radius 1 is 1.13 bits per heavy atom. The van der Waals surface area contributed by atoms with Crippen molar-refractivity contribution in [2.45, 2.75) is 0 Å². The summed E-state index contributed by atoms with van der Waals surface area (Å²) in [6, 6.07) is 9.24. The zero-order valence-electron chi connectivity index (χ0n) is 12.5. The fraction of sp³-hybridized carbons (Fsp3) is 0.125. The molecule has 0 bridgehead atoms. The summed E-state index contributed by atoms with van der Waals surface area (Å²) in [5.74, 6) is -0.613. The number of nitrogens with zero attached hydrogens (tertiary/aromatic N) is 2. The maximum absolute atomic E-state index is 11.5. The Labute approximate surface area is 132 Å². The molecule has 0 amide bonds. The first-order valence-electron chi connectivity index (χ1n) is 6.55. The van der Waals surface area contributed by atoms with Crippen LogP contribution in [0, 0.1) is 0 Å². The number of phenolic OH excluding ortho intramolecular Hbond substituents is 1. The van der Waals surface area contributed by atoms with Crippen LogP contribution in [0.25, 0.3) is 0 Å². The lowest BCUT2D eigenvalue weighted by Gasteiger charge is -2.06. The van der Waals surface area contributed by atoms with E-state index in [4.69, 9.17) is 4.74 Å². The standard InChI is InChI=1S/C16H14N2O5/c1-22-14-8-13(7-11(9-19)15(14)20)18-17-12-5-3-4-10(6-12)16(21)23-2/h3-9,20H,1-2H3. The van der Waals surface area contributed by atoms with Crippen LogP contribution in [0.3, 0.4) is 0 Å². The molecule has 1 N–H and O–H groups in total. The summed E-state index contributed by atoms with van der Waals surface area (Å²) >= 11 is 0. The Morgan fingerprint density at radius 2 is 1.87 bits per heavy atom. The lowest BCUT2D eigenvalue weighted by molar-refractivity contribution is 0.0600.